The van der Waals surface area contributed by atoms with Gasteiger partial charge >= 0.3 is 0 Å². The Morgan fingerprint density at radius 3 is 2.81 bits per heavy atom. The summed E-state index contributed by atoms with van der Waals surface area (Å²) in [5.41, 5.74) is 6.73. The first-order valence-electron chi connectivity index (χ1n) is 6.28. The molecule has 0 fully saturated rings. The van der Waals surface area contributed by atoms with Gasteiger partial charge in [-0.15, -0.1) is 0 Å². The number of anilines is 2. The molecule has 2 rings (SSSR count). The third kappa shape index (κ3) is 5.09. The van der Waals surface area contributed by atoms with E-state index in [1.165, 1.54) is 0 Å². The molecule has 0 aliphatic carbocycles. The molecule has 0 aromatic heterocycles. The first kappa shape index (κ1) is 15.9. The Balaban J connectivity index is 1.81. The number of amides is 1. The van der Waals surface area contributed by atoms with Crippen LogP contribution >= 0.6 is 34.2 Å². The quantitative estimate of drug-likeness (QED) is 0.573. The Hall–Kier alpha value is -1.47. The summed E-state index contributed by atoms with van der Waals surface area (Å²) in [5.74, 6) is 0.618. The summed E-state index contributed by atoms with van der Waals surface area (Å²) in [6.07, 6.45) is 0.258. The zero-order valence-electron chi connectivity index (χ0n) is 11.1. The van der Waals surface area contributed by atoms with Crippen LogP contribution in [0.3, 0.4) is 0 Å². The molecule has 0 unspecified atom stereocenters. The van der Waals surface area contributed by atoms with Gasteiger partial charge in [-0.05, 0) is 59.0 Å². The number of hydrogen-bond acceptors (Lipinski definition) is 3. The highest BCUT2D eigenvalue weighted by molar-refractivity contribution is 14.1. The molecule has 0 aliphatic heterocycles. The van der Waals surface area contributed by atoms with Crippen LogP contribution in [0, 0.1) is 3.57 Å². The van der Waals surface area contributed by atoms with Crippen LogP contribution in [-0.2, 0) is 4.79 Å². The maximum atomic E-state index is 11.8. The van der Waals surface area contributed by atoms with E-state index < -0.39 is 0 Å². The molecule has 110 valence electrons. The van der Waals surface area contributed by atoms with E-state index in [9.17, 15) is 4.79 Å². The summed E-state index contributed by atoms with van der Waals surface area (Å²) in [6, 6.07) is 12.6. The highest BCUT2D eigenvalue weighted by atomic mass is 127. The summed E-state index contributed by atoms with van der Waals surface area (Å²) >= 11 is 8.03. The van der Waals surface area contributed by atoms with Gasteiger partial charge in [-0.1, -0.05) is 17.7 Å². The van der Waals surface area contributed by atoms with Crippen LogP contribution in [-0.4, -0.2) is 12.5 Å². The Morgan fingerprint density at radius 1 is 1.29 bits per heavy atom. The van der Waals surface area contributed by atoms with Crippen molar-refractivity contribution in [2.24, 2.45) is 0 Å². The monoisotopic (exact) mass is 416 g/mol. The van der Waals surface area contributed by atoms with Crippen LogP contribution in [0.4, 0.5) is 11.4 Å². The van der Waals surface area contributed by atoms with E-state index in [2.05, 4.69) is 27.9 Å². The van der Waals surface area contributed by atoms with Gasteiger partial charge in [0.1, 0.15) is 5.75 Å². The van der Waals surface area contributed by atoms with Gasteiger partial charge in [0.25, 0.3) is 0 Å². The lowest BCUT2D eigenvalue weighted by Gasteiger charge is -2.08. The second-order valence-corrected chi connectivity index (χ2v) is 5.99. The Bertz CT molecular complexity index is 649. The lowest BCUT2D eigenvalue weighted by Crippen LogP contribution is -2.15. The fourth-order valence-corrected chi connectivity index (χ4v) is 2.30. The number of halogens is 2. The van der Waals surface area contributed by atoms with Gasteiger partial charge in [0.15, 0.2) is 0 Å². The van der Waals surface area contributed by atoms with Crippen molar-refractivity contribution >= 4 is 51.5 Å². The van der Waals surface area contributed by atoms with Crippen LogP contribution in [0.15, 0.2) is 42.5 Å². The normalized spacial score (nSPS) is 10.2. The molecule has 0 spiro atoms. The number of carbonyl (C=O) groups excluding carboxylic acids is 1. The maximum absolute atomic E-state index is 11.8. The minimum atomic E-state index is -0.137. The number of nitrogen functional groups attached to an aromatic ring is 1. The number of rotatable bonds is 5. The second kappa shape index (κ2) is 7.51. The van der Waals surface area contributed by atoms with E-state index in [-0.39, 0.29) is 12.3 Å². The van der Waals surface area contributed by atoms with E-state index in [0.29, 0.717) is 23.0 Å². The third-order valence-electron chi connectivity index (χ3n) is 2.67. The fraction of sp³-hybridized carbons (Fsp3) is 0.133. The van der Waals surface area contributed by atoms with Crippen molar-refractivity contribution in [2.75, 3.05) is 17.7 Å². The third-order valence-corrected chi connectivity index (χ3v) is 3.69. The van der Waals surface area contributed by atoms with Crippen LogP contribution in [0.5, 0.6) is 5.75 Å². The van der Waals surface area contributed by atoms with Crippen molar-refractivity contribution in [1.29, 1.82) is 0 Å². The van der Waals surface area contributed by atoms with Crippen molar-refractivity contribution in [3.63, 3.8) is 0 Å². The van der Waals surface area contributed by atoms with Crippen LogP contribution in [0.25, 0.3) is 0 Å². The lowest BCUT2D eigenvalue weighted by atomic mass is 10.2. The zero-order chi connectivity index (χ0) is 15.2. The molecular formula is C15H14ClIN2O2. The summed E-state index contributed by atoms with van der Waals surface area (Å²) < 4.78 is 6.62. The Kier molecular flexibility index (Phi) is 5.69. The van der Waals surface area contributed by atoms with Gasteiger partial charge in [0.2, 0.25) is 5.91 Å². The predicted molar refractivity (Wildman–Crippen MR) is 93.8 cm³/mol. The van der Waals surface area contributed by atoms with Crippen molar-refractivity contribution in [3.05, 3.63) is 51.1 Å². The van der Waals surface area contributed by atoms with Crippen molar-refractivity contribution in [1.82, 2.24) is 0 Å². The lowest BCUT2D eigenvalue weighted by molar-refractivity contribution is -0.116. The smallest absolute Gasteiger partial charge is 0.227 e. The summed E-state index contributed by atoms with van der Waals surface area (Å²) in [4.78, 5) is 11.8. The Morgan fingerprint density at radius 2 is 2.10 bits per heavy atom. The molecule has 0 heterocycles. The fourth-order valence-electron chi connectivity index (χ4n) is 1.66. The number of nitrogens with two attached hydrogens (primary N) is 1. The van der Waals surface area contributed by atoms with Gasteiger partial charge < -0.3 is 15.8 Å². The van der Waals surface area contributed by atoms with Crippen LogP contribution < -0.4 is 15.8 Å². The minimum absolute atomic E-state index is 0.137. The largest absolute Gasteiger partial charge is 0.493 e. The van der Waals surface area contributed by atoms with Gasteiger partial charge in [0.05, 0.1) is 23.7 Å². The van der Waals surface area contributed by atoms with Crippen molar-refractivity contribution in [3.8, 4) is 5.75 Å². The molecule has 0 bridgehead atoms. The number of benzene rings is 2. The number of carbonyl (C=O) groups is 1. The van der Waals surface area contributed by atoms with Crippen molar-refractivity contribution < 1.29 is 9.53 Å². The minimum Gasteiger partial charge on any atom is -0.493 e. The molecule has 2 aromatic carbocycles. The van der Waals surface area contributed by atoms with E-state index in [1.54, 1.807) is 18.2 Å². The molecule has 0 aliphatic rings. The van der Waals surface area contributed by atoms with Crippen LogP contribution in [0.1, 0.15) is 6.42 Å². The molecule has 21 heavy (non-hydrogen) atoms. The molecular weight excluding hydrogens is 403 g/mol. The molecule has 2 aromatic rings. The van der Waals surface area contributed by atoms with Gasteiger partial charge in [0, 0.05) is 9.26 Å². The Labute approximate surface area is 141 Å². The molecule has 0 saturated heterocycles. The average molecular weight is 417 g/mol. The maximum Gasteiger partial charge on any atom is 0.227 e. The van der Waals surface area contributed by atoms with Gasteiger partial charge in [-0.2, -0.15) is 0 Å². The molecule has 4 nitrogen and oxygen atoms in total. The highest BCUT2D eigenvalue weighted by Gasteiger charge is 2.05. The van der Waals surface area contributed by atoms with Crippen molar-refractivity contribution in [2.45, 2.75) is 6.42 Å². The summed E-state index contributed by atoms with van der Waals surface area (Å²) in [6.45, 7) is 0.314. The number of hydrogen-bond donors (Lipinski definition) is 2. The predicted octanol–water partition coefficient (Wildman–Crippen LogP) is 3.93. The number of ether oxygens (including phenoxy) is 1. The average Bonchev–Trinajstić information content (AvgIpc) is 2.43. The summed E-state index contributed by atoms with van der Waals surface area (Å²) in [5, 5.41) is 3.22. The molecule has 0 radical (unpaired) electrons. The first-order chi connectivity index (χ1) is 10.0. The molecule has 0 atom stereocenters. The standard InChI is InChI=1S/C15H14ClIN2O2/c16-13-5-4-11(9-14(13)18)19-15(20)6-7-21-12-3-1-2-10(17)8-12/h1-5,8-9H,6-7,18H2,(H,19,20). The van der Waals surface area contributed by atoms with E-state index >= 15 is 0 Å². The van der Waals surface area contributed by atoms with Crippen LogP contribution in [0.2, 0.25) is 5.02 Å². The van der Waals surface area contributed by atoms with Gasteiger partial charge in [-0.3, -0.25) is 4.79 Å². The van der Waals surface area contributed by atoms with E-state index in [1.807, 2.05) is 24.3 Å². The number of nitrogens with one attached hydrogen (secondary N) is 1. The van der Waals surface area contributed by atoms with Gasteiger partial charge in [-0.25, -0.2) is 0 Å². The molecule has 0 saturated carbocycles. The molecule has 1 amide bonds. The summed E-state index contributed by atoms with van der Waals surface area (Å²) in [7, 11) is 0. The molecule has 3 N–H and O–H groups in total. The first-order valence-corrected chi connectivity index (χ1v) is 7.73. The van der Waals surface area contributed by atoms with E-state index in [4.69, 9.17) is 22.1 Å². The second-order valence-electron chi connectivity index (χ2n) is 4.34. The topological polar surface area (TPSA) is 64.3 Å². The SMILES string of the molecule is Nc1cc(NC(=O)CCOc2cccc(I)c2)ccc1Cl. The zero-order valence-corrected chi connectivity index (χ0v) is 14.0. The highest BCUT2D eigenvalue weighted by Crippen LogP contribution is 2.22. The van der Waals surface area contributed by atoms with E-state index in [0.717, 1.165) is 9.32 Å². The molecule has 6 heteroatoms.